The van der Waals surface area contributed by atoms with Gasteiger partial charge in [-0.1, -0.05) is 18.6 Å². The molecule has 13 nitrogen and oxygen atoms in total. The molecule has 4 unspecified atom stereocenters. The minimum atomic E-state index is -1.30. The molecule has 1 heterocycles. The fourth-order valence-corrected chi connectivity index (χ4v) is 3.81. The summed E-state index contributed by atoms with van der Waals surface area (Å²) in [5.41, 5.74) is 12.5. The lowest BCUT2D eigenvalue weighted by Gasteiger charge is -2.24. The van der Waals surface area contributed by atoms with Crippen LogP contribution in [-0.4, -0.2) is 80.3 Å². The number of amides is 3. The molecule has 0 bridgehead atoms. The molecule has 0 fully saturated rings. The van der Waals surface area contributed by atoms with Crippen molar-refractivity contribution in [1.82, 2.24) is 25.9 Å². The minimum absolute atomic E-state index is 0.0138. The number of carbonyl (C=O) groups excluding carboxylic acids is 3. The molecule has 0 saturated carbocycles. The van der Waals surface area contributed by atoms with E-state index in [9.17, 15) is 29.4 Å². The highest BCUT2D eigenvalue weighted by molar-refractivity contribution is 7.80. The summed E-state index contributed by atoms with van der Waals surface area (Å²) >= 11 is 4.15. The molecule has 0 aliphatic carbocycles. The lowest BCUT2D eigenvalue weighted by Crippen LogP contribution is -2.58. The Hall–Kier alpha value is -3.62. The average molecular weight is 550 g/mol. The molecule has 0 radical (unpaired) electrons. The first-order valence-electron chi connectivity index (χ1n) is 12.1. The van der Waals surface area contributed by atoms with E-state index in [0.717, 1.165) is 0 Å². The zero-order valence-corrected chi connectivity index (χ0v) is 21.7. The maximum absolute atomic E-state index is 13.2. The summed E-state index contributed by atoms with van der Waals surface area (Å²) in [6.07, 6.45) is 4.52. The third kappa shape index (κ3) is 10.0. The fraction of sp³-hybridized carbons (Fsp3) is 0.458. The summed E-state index contributed by atoms with van der Waals surface area (Å²) in [5, 5.41) is 26.8. The number of hydrogen-bond donors (Lipinski definition) is 9. The van der Waals surface area contributed by atoms with E-state index in [-0.39, 0.29) is 24.3 Å². The van der Waals surface area contributed by atoms with Crippen molar-refractivity contribution in [3.63, 3.8) is 0 Å². The van der Waals surface area contributed by atoms with Gasteiger partial charge in [-0.2, -0.15) is 12.6 Å². The van der Waals surface area contributed by atoms with Gasteiger partial charge in [0.25, 0.3) is 0 Å². The van der Waals surface area contributed by atoms with E-state index in [1.165, 1.54) is 24.7 Å². The Balaban J connectivity index is 2.15. The van der Waals surface area contributed by atoms with Crippen LogP contribution in [0.5, 0.6) is 5.75 Å². The lowest BCUT2D eigenvalue weighted by molar-refractivity contribution is -0.142. The second-order valence-electron chi connectivity index (χ2n) is 8.75. The maximum atomic E-state index is 13.2. The number of carbonyl (C=O) groups is 4. The highest BCUT2D eigenvalue weighted by Crippen LogP contribution is 2.12. The Kier molecular flexibility index (Phi) is 12.6. The van der Waals surface area contributed by atoms with Crippen LogP contribution in [-0.2, 0) is 32.0 Å². The number of phenolic OH excluding ortho intramolecular Hbond substituents is 1. The molecule has 0 saturated heterocycles. The summed E-state index contributed by atoms with van der Waals surface area (Å²) in [4.78, 5) is 57.1. The molecule has 1 aromatic carbocycles. The molecule has 2 aromatic rings. The maximum Gasteiger partial charge on any atom is 0.326 e. The number of nitrogens with two attached hydrogens (primary N) is 2. The highest BCUT2D eigenvalue weighted by atomic mass is 32.1. The number of carboxylic acids is 1. The number of nitrogens with one attached hydrogen (secondary N) is 4. The molecule has 4 atom stereocenters. The number of unbranched alkanes of at least 4 members (excludes halogenated alkanes) is 1. The van der Waals surface area contributed by atoms with E-state index in [1.807, 2.05) is 0 Å². The lowest BCUT2D eigenvalue weighted by atomic mass is 10.0. The number of rotatable bonds is 16. The third-order valence-corrected chi connectivity index (χ3v) is 6.09. The molecule has 14 heteroatoms. The topological polar surface area (TPSA) is 226 Å². The van der Waals surface area contributed by atoms with E-state index in [2.05, 4.69) is 38.5 Å². The number of aromatic nitrogens is 2. The van der Waals surface area contributed by atoms with Gasteiger partial charge in [0.2, 0.25) is 17.7 Å². The summed E-state index contributed by atoms with van der Waals surface area (Å²) in [5.74, 6) is -3.31. The van der Waals surface area contributed by atoms with Gasteiger partial charge in [-0.05, 0) is 37.1 Å². The number of aromatic hydroxyl groups is 1. The standard InChI is InChI=1S/C24H35N7O6S/c25-8-2-1-3-17(26)21(33)31-20(12-38)23(35)29-18(9-14-4-6-16(32)7-5-14)22(34)30-19(24(36)37)10-15-11-27-13-28-15/h4-7,11,13,17-20,32,38H,1-3,8-10,12,25-26H2,(H,27,28)(H,29,35)(H,30,34)(H,31,33)(H,36,37). The van der Waals surface area contributed by atoms with Crippen molar-refractivity contribution in [2.75, 3.05) is 12.3 Å². The van der Waals surface area contributed by atoms with Crippen LogP contribution in [0.2, 0.25) is 0 Å². The van der Waals surface area contributed by atoms with Gasteiger partial charge in [-0.15, -0.1) is 0 Å². The molecule has 38 heavy (non-hydrogen) atoms. The van der Waals surface area contributed by atoms with Crippen molar-refractivity contribution in [3.05, 3.63) is 48.0 Å². The molecule has 0 aliphatic rings. The first kappa shape index (κ1) is 30.6. The predicted molar refractivity (Wildman–Crippen MR) is 142 cm³/mol. The van der Waals surface area contributed by atoms with Crippen molar-refractivity contribution in [1.29, 1.82) is 0 Å². The molecule has 3 amide bonds. The van der Waals surface area contributed by atoms with Crippen molar-refractivity contribution >= 4 is 36.3 Å². The number of benzene rings is 1. The Morgan fingerprint density at radius 1 is 0.947 bits per heavy atom. The Bertz CT molecular complexity index is 1050. The summed E-state index contributed by atoms with van der Waals surface area (Å²) in [6, 6.07) is 1.55. The second-order valence-corrected chi connectivity index (χ2v) is 9.11. The van der Waals surface area contributed by atoms with Gasteiger partial charge in [0.05, 0.1) is 12.4 Å². The summed E-state index contributed by atoms with van der Waals surface area (Å²) in [6.45, 7) is 0.477. The predicted octanol–water partition coefficient (Wildman–Crippen LogP) is -1.17. The van der Waals surface area contributed by atoms with E-state index in [1.54, 1.807) is 12.1 Å². The smallest absolute Gasteiger partial charge is 0.326 e. The number of nitrogens with zero attached hydrogens (tertiary/aromatic N) is 1. The van der Waals surface area contributed by atoms with Gasteiger partial charge in [0.15, 0.2) is 0 Å². The summed E-state index contributed by atoms with van der Waals surface area (Å²) in [7, 11) is 0. The molecule has 208 valence electrons. The number of imidazole rings is 1. The van der Waals surface area contributed by atoms with Gasteiger partial charge < -0.3 is 42.6 Å². The third-order valence-electron chi connectivity index (χ3n) is 5.72. The van der Waals surface area contributed by atoms with Crippen LogP contribution < -0.4 is 27.4 Å². The molecule has 2 rings (SSSR count). The number of carboxylic acid groups (broad SMARTS) is 1. The average Bonchev–Trinajstić information content (AvgIpc) is 3.40. The van der Waals surface area contributed by atoms with Gasteiger partial charge in [0.1, 0.15) is 23.9 Å². The van der Waals surface area contributed by atoms with Crippen LogP contribution in [0.15, 0.2) is 36.8 Å². The SMILES string of the molecule is NCCCCC(N)C(=O)NC(CS)C(=O)NC(Cc1ccc(O)cc1)C(=O)NC(Cc1cnc[nH]1)C(=O)O. The number of phenols is 1. The first-order chi connectivity index (χ1) is 18.1. The van der Waals surface area contributed by atoms with Crippen molar-refractivity contribution in [3.8, 4) is 5.75 Å². The fourth-order valence-electron chi connectivity index (χ4n) is 3.55. The van der Waals surface area contributed by atoms with Crippen molar-refractivity contribution in [2.24, 2.45) is 11.5 Å². The number of thiol groups is 1. The quantitative estimate of drug-likeness (QED) is 0.0906. The van der Waals surface area contributed by atoms with Gasteiger partial charge in [0, 0.05) is 30.5 Å². The number of hydrogen-bond acceptors (Lipinski definition) is 9. The second kappa shape index (κ2) is 15.6. The van der Waals surface area contributed by atoms with Crippen LogP contribution >= 0.6 is 12.6 Å². The van der Waals surface area contributed by atoms with Crippen molar-refractivity contribution in [2.45, 2.75) is 56.3 Å². The number of aromatic amines is 1. The zero-order chi connectivity index (χ0) is 28.1. The van der Waals surface area contributed by atoms with Crippen LogP contribution in [0.4, 0.5) is 0 Å². The molecule has 0 spiro atoms. The van der Waals surface area contributed by atoms with Crippen LogP contribution in [0, 0.1) is 0 Å². The van der Waals surface area contributed by atoms with E-state index in [4.69, 9.17) is 11.5 Å². The monoisotopic (exact) mass is 549 g/mol. The van der Waals surface area contributed by atoms with E-state index >= 15 is 0 Å². The Morgan fingerprint density at radius 2 is 1.58 bits per heavy atom. The molecule has 10 N–H and O–H groups in total. The van der Waals surface area contributed by atoms with Crippen LogP contribution in [0.3, 0.4) is 0 Å². The molecular weight excluding hydrogens is 514 g/mol. The number of H-pyrrole nitrogens is 1. The van der Waals surface area contributed by atoms with Crippen LogP contribution in [0.1, 0.15) is 30.5 Å². The number of aliphatic carboxylic acids is 1. The van der Waals surface area contributed by atoms with Gasteiger partial charge in [-0.25, -0.2) is 9.78 Å². The Labute approximate surface area is 225 Å². The Morgan fingerprint density at radius 3 is 2.16 bits per heavy atom. The minimum Gasteiger partial charge on any atom is -0.508 e. The molecular formula is C24H35N7O6S. The zero-order valence-electron chi connectivity index (χ0n) is 20.8. The van der Waals surface area contributed by atoms with Gasteiger partial charge >= 0.3 is 5.97 Å². The first-order valence-corrected chi connectivity index (χ1v) is 12.7. The van der Waals surface area contributed by atoms with Crippen molar-refractivity contribution < 1.29 is 29.4 Å². The van der Waals surface area contributed by atoms with Crippen LogP contribution in [0.25, 0.3) is 0 Å². The van der Waals surface area contributed by atoms with Gasteiger partial charge in [-0.3, -0.25) is 14.4 Å². The normalized spacial score (nSPS) is 14.1. The molecule has 1 aromatic heterocycles. The van der Waals surface area contributed by atoms with E-state index in [0.29, 0.717) is 37.1 Å². The summed E-state index contributed by atoms with van der Waals surface area (Å²) < 4.78 is 0. The largest absolute Gasteiger partial charge is 0.508 e. The highest BCUT2D eigenvalue weighted by Gasteiger charge is 2.30. The van der Waals surface area contributed by atoms with E-state index < -0.39 is 47.9 Å². The molecule has 0 aliphatic heterocycles.